The van der Waals surface area contributed by atoms with Crippen molar-refractivity contribution in [3.8, 4) is 0 Å². The van der Waals surface area contributed by atoms with Gasteiger partial charge in [0.25, 0.3) is 0 Å². The molecule has 1 heterocycles. The van der Waals surface area contributed by atoms with Crippen LogP contribution in [0.15, 0.2) is 0 Å². The summed E-state index contributed by atoms with van der Waals surface area (Å²) in [5.41, 5.74) is 0. The lowest BCUT2D eigenvalue weighted by molar-refractivity contribution is 0.355. The fourth-order valence-corrected chi connectivity index (χ4v) is 1.58. The average Bonchev–Trinajstić information content (AvgIpc) is 1.91. The summed E-state index contributed by atoms with van der Waals surface area (Å²) in [5, 5.41) is 3.42. The molecule has 9 heavy (non-hydrogen) atoms. The maximum absolute atomic E-state index is 3.42. The fraction of sp³-hybridized carbons (Fsp3) is 1.00. The molecule has 0 aromatic carbocycles. The molecule has 1 nitrogen and oxygen atoms in total. The number of piperidine rings is 1. The lowest BCUT2D eigenvalue weighted by Crippen LogP contribution is -2.29. The summed E-state index contributed by atoms with van der Waals surface area (Å²) in [7, 11) is 0. The molecule has 0 aliphatic carbocycles. The molecule has 0 spiro atoms. The van der Waals surface area contributed by atoms with Gasteiger partial charge in [0.15, 0.2) is 0 Å². The second-order valence-corrected chi connectivity index (χ2v) is 3.00. The molecule has 1 aliphatic rings. The Kier molecular flexibility index (Phi) is 3.05. The minimum Gasteiger partial charge on any atom is -0.316 e. The van der Waals surface area contributed by atoms with Crippen LogP contribution in [0.1, 0.15) is 32.6 Å². The minimum atomic E-state index is 0.990. The van der Waals surface area contributed by atoms with Gasteiger partial charge in [0.1, 0.15) is 0 Å². The molecular weight excluding hydrogens is 110 g/mol. The van der Waals surface area contributed by atoms with Crippen LogP contribution in [-0.4, -0.2) is 13.1 Å². The first-order valence-electron chi connectivity index (χ1n) is 4.14. The van der Waals surface area contributed by atoms with Crippen molar-refractivity contribution >= 4 is 0 Å². The number of rotatable bonds is 2. The highest BCUT2D eigenvalue weighted by atomic mass is 14.9. The van der Waals surface area contributed by atoms with Gasteiger partial charge in [-0.15, -0.1) is 0 Å². The van der Waals surface area contributed by atoms with Gasteiger partial charge in [-0.2, -0.15) is 0 Å². The second-order valence-electron chi connectivity index (χ2n) is 3.00. The van der Waals surface area contributed by atoms with E-state index < -0.39 is 0 Å². The van der Waals surface area contributed by atoms with Gasteiger partial charge in [0.05, 0.1) is 0 Å². The SMILES string of the molecule is CCC[C@H]1CCCNC1. The Labute approximate surface area is 57.8 Å². The zero-order valence-electron chi connectivity index (χ0n) is 6.32. The molecule has 54 valence electrons. The van der Waals surface area contributed by atoms with Crippen LogP contribution in [0.3, 0.4) is 0 Å². The highest BCUT2D eigenvalue weighted by Crippen LogP contribution is 2.14. The zero-order valence-corrected chi connectivity index (χ0v) is 6.32. The number of nitrogens with one attached hydrogen (secondary N) is 1. The summed E-state index contributed by atoms with van der Waals surface area (Å²) in [6.07, 6.45) is 5.63. The van der Waals surface area contributed by atoms with Gasteiger partial charge in [-0.1, -0.05) is 13.3 Å². The van der Waals surface area contributed by atoms with Crippen LogP contribution in [0.2, 0.25) is 0 Å². The van der Waals surface area contributed by atoms with Crippen molar-refractivity contribution in [2.45, 2.75) is 32.6 Å². The predicted molar refractivity (Wildman–Crippen MR) is 40.5 cm³/mol. The first-order valence-corrected chi connectivity index (χ1v) is 4.14. The Hall–Kier alpha value is -0.0400. The third-order valence-electron chi connectivity index (χ3n) is 2.10. The van der Waals surface area contributed by atoms with Gasteiger partial charge < -0.3 is 5.32 Å². The Bertz CT molecular complexity index is 62.2. The Morgan fingerprint density at radius 2 is 2.44 bits per heavy atom. The van der Waals surface area contributed by atoms with Crippen LogP contribution in [0.25, 0.3) is 0 Å². The Morgan fingerprint density at radius 3 is 3.00 bits per heavy atom. The fourth-order valence-electron chi connectivity index (χ4n) is 1.58. The minimum absolute atomic E-state index is 0.990. The molecule has 1 atom stereocenters. The van der Waals surface area contributed by atoms with E-state index in [0.717, 1.165) is 5.92 Å². The van der Waals surface area contributed by atoms with Crippen LogP contribution in [0, 0.1) is 5.92 Å². The first kappa shape index (κ1) is 7.07. The van der Waals surface area contributed by atoms with E-state index in [1.165, 1.54) is 38.8 Å². The normalized spacial score (nSPS) is 28.3. The highest BCUT2D eigenvalue weighted by Gasteiger charge is 2.10. The van der Waals surface area contributed by atoms with Gasteiger partial charge in [-0.05, 0) is 38.3 Å². The summed E-state index contributed by atoms with van der Waals surface area (Å²) < 4.78 is 0. The Balaban J connectivity index is 2.08. The molecule has 0 radical (unpaired) electrons. The standard InChI is InChI=1S/C8H17N/c1-2-4-8-5-3-6-9-7-8/h8-9H,2-7H2,1H3/t8-/m0/s1. The highest BCUT2D eigenvalue weighted by molar-refractivity contribution is 4.67. The lowest BCUT2D eigenvalue weighted by Gasteiger charge is -2.21. The maximum Gasteiger partial charge on any atom is -0.00205 e. The van der Waals surface area contributed by atoms with Crippen LogP contribution >= 0.6 is 0 Å². The van der Waals surface area contributed by atoms with Crippen LogP contribution in [0.4, 0.5) is 0 Å². The molecule has 1 heteroatoms. The van der Waals surface area contributed by atoms with Crippen molar-refractivity contribution in [3.05, 3.63) is 0 Å². The summed E-state index contributed by atoms with van der Waals surface area (Å²) in [6.45, 7) is 4.79. The molecular formula is C8H17N. The van der Waals surface area contributed by atoms with E-state index in [4.69, 9.17) is 0 Å². The number of hydrogen-bond donors (Lipinski definition) is 1. The van der Waals surface area contributed by atoms with Crippen molar-refractivity contribution in [1.82, 2.24) is 5.32 Å². The largest absolute Gasteiger partial charge is 0.316 e. The second kappa shape index (κ2) is 3.89. The van der Waals surface area contributed by atoms with E-state index in [9.17, 15) is 0 Å². The molecule has 1 saturated heterocycles. The van der Waals surface area contributed by atoms with Crippen molar-refractivity contribution in [1.29, 1.82) is 0 Å². The van der Waals surface area contributed by atoms with Crippen LogP contribution in [0.5, 0.6) is 0 Å². The summed E-state index contributed by atoms with van der Waals surface area (Å²) in [5.74, 6) is 0.990. The summed E-state index contributed by atoms with van der Waals surface area (Å²) in [6, 6.07) is 0. The molecule has 0 aromatic rings. The maximum atomic E-state index is 3.42. The molecule has 1 aliphatic heterocycles. The average molecular weight is 127 g/mol. The monoisotopic (exact) mass is 127 g/mol. The van der Waals surface area contributed by atoms with Gasteiger partial charge >= 0.3 is 0 Å². The van der Waals surface area contributed by atoms with Crippen LogP contribution < -0.4 is 5.32 Å². The Morgan fingerprint density at radius 1 is 1.56 bits per heavy atom. The molecule has 1 rings (SSSR count). The zero-order chi connectivity index (χ0) is 6.53. The molecule has 0 bridgehead atoms. The van der Waals surface area contributed by atoms with E-state index in [-0.39, 0.29) is 0 Å². The molecule has 1 fully saturated rings. The topological polar surface area (TPSA) is 12.0 Å². The lowest BCUT2D eigenvalue weighted by atomic mass is 9.95. The van der Waals surface area contributed by atoms with Crippen molar-refractivity contribution in [3.63, 3.8) is 0 Å². The van der Waals surface area contributed by atoms with Gasteiger partial charge in [-0.3, -0.25) is 0 Å². The predicted octanol–water partition coefficient (Wildman–Crippen LogP) is 1.79. The van der Waals surface area contributed by atoms with Crippen molar-refractivity contribution in [2.75, 3.05) is 13.1 Å². The van der Waals surface area contributed by atoms with E-state index >= 15 is 0 Å². The molecule has 0 saturated carbocycles. The van der Waals surface area contributed by atoms with Crippen molar-refractivity contribution < 1.29 is 0 Å². The quantitative estimate of drug-likeness (QED) is 0.596. The van der Waals surface area contributed by atoms with Gasteiger partial charge in [0, 0.05) is 0 Å². The van der Waals surface area contributed by atoms with E-state index in [1.54, 1.807) is 0 Å². The molecule has 0 aromatic heterocycles. The third-order valence-corrected chi connectivity index (χ3v) is 2.10. The summed E-state index contributed by atoms with van der Waals surface area (Å²) in [4.78, 5) is 0. The van der Waals surface area contributed by atoms with Crippen molar-refractivity contribution in [2.24, 2.45) is 5.92 Å². The summed E-state index contributed by atoms with van der Waals surface area (Å²) >= 11 is 0. The molecule has 1 N–H and O–H groups in total. The molecule has 0 amide bonds. The number of hydrogen-bond acceptors (Lipinski definition) is 1. The van der Waals surface area contributed by atoms with Gasteiger partial charge in [0.2, 0.25) is 0 Å². The molecule has 0 unspecified atom stereocenters. The van der Waals surface area contributed by atoms with E-state index in [2.05, 4.69) is 12.2 Å². The third kappa shape index (κ3) is 2.35. The van der Waals surface area contributed by atoms with Crippen LogP contribution in [-0.2, 0) is 0 Å². The van der Waals surface area contributed by atoms with E-state index in [0.29, 0.717) is 0 Å². The van der Waals surface area contributed by atoms with Gasteiger partial charge in [-0.25, -0.2) is 0 Å². The first-order chi connectivity index (χ1) is 4.43. The smallest absolute Gasteiger partial charge is 0.00205 e. The van der Waals surface area contributed by atoms with E-state index in [1.807, 2.05) is 0 Å².